The number of carbonyl (C=O) groups is 1. The van der Waals surface area contributed by atoms with E-state index >= 15 is 0 Å². The molecular formula is C14H12N2O. The molecule has 0 heterocycles. The number of rotatable bonds is 1. The third-order valence-electron chi connectivity index (χ3n) is 2.65. The zero-order valence-electron chi connectivity index (χ0n) is 9.77. The van der Waals surface area contributed by atoms with Crippen LogP contribution < -0.4 is 0 Å². The molecule has 0 N–H and O–H groups in total. The molecule has 0 saturated carbocycles. The Morgan fingerprint density at radius 1 is 1.24 bits per heavy atom. The second kappa shape index (κ2) is 4.26. The first-order chi connectivity index (χ1) is 8.13. The quantitative estimate of drug-likeness (QED) is 0.746. The number of nitrogens with zero attached hydrogens (tertiary/aromatic N) is 2. The van der Waals surface area contributed by atoms with Crippen molar-refractivity contribution in [3.05, 3.63) is 47.5 Å². The maximum atomic E-state index is 11.8. The van der Waals surface area contributed by atoms with Crippen molar-refractivity contribution in [2.24, 2.45) is 0 Å². The molecule has 3 nitrogen and oxygen atoms in total. The summed E-state index contributed by atoms with van der Waals surface area (Å²) in [5.74, 6) is -0.0331. The minimum Gasteiger partial charge on any atom is -0.345 e. The van der Waals surface area contributed by atoms with Gasteiger partial charge in [-0.1, -0.05) is 18.2 Å². The highest BCUT2D eigenvalue weighted by Gasteiger charge is 2.09. The molecule has 0 spiro atoms. The van der Waals surface area contributed by atoms with E-state index in [1.807, 2.05) is 24.3 Å². The summed E-state index contributed by atoms with van der Waals surface area (Å²) in [5, 5.41) is 10.8. The molecule has 3 heteroatoms. The fraction of sp³-hybridized carbons (Fsp3) is 0.143. The van der Waals surface area contributed by atoms with Crippen LogP contribution in [0.4, 0.5) is 0 Å². The maximum absolute atomic E-state index is 11.8. The van der Waals surface area contributed by atoms with Gasteiger partial charge in [0.2, 0.25) is 0 Å². The number of benzene rings is 2. The molecule has 0 radical (unpaired) electrons. The van der Waals surface area contributed by atoms with E-state index in [0.29, 0.717) is 11.1 Å². The Morgan fingerprint density at radius 2 is 2.00 bits per heavy atom. The Hall–Kier alpha value is -2.34. The summed E-state index contributed by atoms with van der Waals surface area (Å²) in [6.45, 7) is 0. The van der Waals surface area contributed by atoms with Gasteiger partial charge in [0, 0.05) is 19.7 Å². The molecule has 0 unspecified atom stereocenters. The van der Waals surface area contributed by atoms with E-state index in [1.54, 1.807) is 26.2 Å². The molecule has 0 saturated heterocycles. The summed E-state index contributed by atoms with van der Waals surface area (Å²) in [7, 11) is 3.44. The third-order valence-corrected chi connectivity index (χ3v) is 2.65. The molecule has 0 bridgehead atoms. The molecule has 0 aliphatic rings. The lowest BCUT2D eigenvalue weighted by Gasteiger charge is -2.10. The summed E-state index contributed by atoms with van der Waals surface area (Å²) in [6, 6.07) is 13.0. The number of fused-ring (bicyclic) bond motifs is 1. The van der Waals surface area contributed by atoms with Gasteiger partial charge in [-0.05, 0) is 29.0 Å². The van der Waals surface area contributed by atoms with Crippen LogP contribution >= 0.6 is 0 Å². The van der Waals surface area contributed by atoms with Crippen molar-refractivity contribution in [2.75, 3.05) is 14.1 Å². The van der Waals surface area contributed by atoms with Crippen LogP contribution in [-0.2, 0) is 0 Å². The van der Waals surface area contributed by atoms with Gasteiger partial charge in [-0.2, -0.15) is 5.26 Å². The van der Waals surface area contributed by atoms with E-state index in [0.717, 1.165) is 10.8 Å². The second-order valence-electron chi connectivity index (χ2n) is 4.05. The van der Waals surface area contributed by atoms with Crippen LogP contribution in [0.15, 0.2) is 36.4 Å². The van der Waals surface area contributed by atoms with Gasteiger partial charge in [0.25, 0.3) is 5.91 Å². The standard InChI is InChI=1S/C14H12N2O/c1-16(2)14(17)11-6-7-13-10(8-11)4-3-5-12(13)9-15/h3-8H,1-2H3. The molecule has 2 aromatic carbocycles. The Balaban J connectivity index is 2.61. The van der Waals surface area contributed by atoms with E-state index in [4.69, 9.17) is 5.26 Å². The summed E-state index contributed by atoms with van der Waals surface area (Å²) in [6.07, 6.45) is 0. The van der Waals surface area contributed by atoms with Gasteiger partial charge in [0.15, 0.2) is 0 Å². The average molecular weight is 224 g/mol. The smallest absolute Gasteiger partial charge is 0.253 e. The first-order valence-electron chi connectivity index (χ1n) is 5.28. The van der Waals surface area contributed by atoms with E-state index in [9.17, 15) is 4.79 Å². The Bertz CT molecular complexity index is 624. The van der Waals surface area contributed by atoms with Crippen LogP contribution in [0.2, 0.25) is 0 Å². The fourth-order valence-corrected chi connectivity index (χ4v) is 1.77. The lowest BCUT2D eigenvalue weighted by atomic mass is 10.0. The van der Waals surface area contributed by atoms with Crippen LogP contribution in [0.25, 0.3) is 10.8 Å². The molecule has 2 aromatic rings. The summed E-state index contributed by atoms with van der Waals surface area (Å²) in [5.41, 5.74) is 1.27. The minimum atomic E-state index is -0.0331. The zero-order chi connectivity index (χ0) is 12.4. The van der Waals surface area contributed by atoms with Gasteiger partial charge in [0.1, 0.15) is 0 Å². The van der Waals surface area contributed by atoms with Crippen LogP contribution in [0.5, 0.6) is 0 Å². The van der Waals surface area contributed by atoms with Gasteiger partial charge < -0.3 is 4.90 Å². The Morgan fingerprint density at radius 3 is 2.65 bits per heavy atom. The summed E-state index contributed by atoms with van der Waals surface area (Å²) >= 11 is 0. The lowest BCUT2D eigenvalue weighted by molar-refractivity contribution is 0.0828. The highest BCUT2D eigenvalue weighted by Crippen LogP contribution is 2.20. The van der Waals surface area contributed by atoms with Crippen molar-refractivity contribution in [3.63, 3.8) is 0 Å². The molecule has 0 fully saturated rings. The predicted octanol–water partition coefficient (Wildman–Crippen LogP) is 2.41. The van der Waals surface area contributed by atoms with E-state index in [2.05, 4.69) is 6.07 Å². The summed E-state index contributed by atoms with van der Waals surface area (Å²) < 4.78 is 0. The zero-order valence-corrected chi connectivity index (χ0v) is 9.77. The van der Waals surface area contributed by atoms with Gasteiger partial charge >= 0.3 is 0 Å². The predicted molar refractivity (Wildman–Crippen MR) is 66.7 cm³/mol. The van der Waals surface area contributed by atoms with Gasteiger partial charge in [-0.25, -0.2) is 0 Å². The van der Waals surface area contributed by atoms with Crippen LogP contribution in [0.1, 0.15) is 15.9 Å². The molecule has 0 atom stereocenters. The highest BCUT2D eigenvalue weighted by molar-refractivity contribution is 5.99. The molecule has 17 heavy (non-hydrogen) atoms. The van der Waals surface area contributed by atoms with Crippen LogP contribution in [0.3, 0.4) is 0 Å². The molecule has 0 aliphatic carbocycles. The Labute approximate surface area is 99.9 Å². The minimum absolute atomic E-state index is 0.0331. The number of carbonyl (C=O) groups excluding carboxylic acids is 1. The monoisotopic (exact) mass is 224 g/mol. The topological polar surface area (TPSA) is 44.1 Å². The first kappa shape index (κ1) is 11.2. The molecule has 1 amide bonds. The van der Waals surface area contributed by atoms with E-state index < -0.39 is 0 Å². The largest absolute Gasteiger partial charge is 0.345 e. The maximum Gasteiger partial charge on any atom is 0.253 e. The SMILES string of the molecule is CN(C)C(=O)c1ccc2c(C#N)cccc2c1. The fourth-order valence-electron chi connectivity index (χ4n) is 1.77. The molecule has 84 valence electrons. The third kappa shape index (κ3) is 1.98. The normalized spacial score (nSPS) is 9.94. The number of hydrogen-bond donors (Lipinski definition) is 0. The molecule has 2 rings (SSSR count). The van der Waals surface area contributed by atoms with Crippen molar-refractivity contribution >= 4 is 16.7 Å². The van der Waals surface area contributed by atoms with Crippen molar-refractivity contribution < 1.29 is 4.79 Å². The van der Waals surface area contributed by atoms with Gasteiger partial charge in [-0.3, -0.25) is 4.79 Å². The van der Waals surface area contributed by atoms with Crippen molar-refractivity contribution in [1.29, 1.82) is 5.26 Å². The average Bonchev–Trinajstić information content (AvgIpc) is 2.36. The van der Waals surface area contributed by atoms with Crippen molar-refractivity contribution in [1.82, 2.24) is 4.90 Å². The number of nitriles is 1. The van der Waals surface area contributed by atoms with Gasteiger partial charge in [-0.15, -0.1) is 0 Å². The van der Waals surface area contributed by atoms with Crippen molar-refractivity contribution in [3.8, 4) is 6.07 Å². The Kier molecular flexibility index (Phi) is 2.80. The first-order valence-corrected chi connectivity index (χ1v) is 5.28. The highest BCUT2D eigenvalue weighted by atomic mass is 16.2. The summed E-state index contributed by atoms with van der Waals surface area (Å²) in [4.78, 5) is 13.3. The van der Waals surface area contributed by atoms with Crippen LogP contribution in [-0.4, -0.2) is 24.9 Å². The molecular weight excluding hydrogens is 212 g/mol. The van der Waals surface area contributed by atoms with E-state index in [1.165, 1.54) is 4.90 Å². The second-order valence-corrected chi connectivity index (χ2v) is 4.05. The van der Waals surface area contributed by atoms with E-state index in [-0.39, 0.29) is 5.91 Å². The van der Waals surface area contributed by atoms with Gasteiger partial charge in [0.05, 0.1) is 11.6 Å². The van der Waals surface area contributed by atoms with Crippen molar-refractivity contribution in [2.45, 2.75) is 0 Å². The molecule has 0 aromatic heterocycles. The number of hydrogen-bond acceptors (Lipinski definition) is 2. The lowest BCUT2D eigenvalue weighted by Crippen LogP contribution is -2.21. The van der Waals surface area contributed by atoms with Crippen LogP contribution in [0, 0.1) is 11.3 Å². The number of amides is 1. The molecule has 0 aliphatic heterocycles.